The van der Waals surface area contributed by atoms with Crippen LogP contribution in [-0.4, -0.2) is 5.71 Å². The van der Waals surface area contributed by atoms with Crippen LogP contribution in [0.5, 0.6) is 0 Å². The largest absolute Gasteiger partial charge is 0.160 e. The average Bonchev–Trinajstić information content (AvgIpc) is 2.13. The first-order valence-corrected chi connectivity index (χ1v) is 5.84. The molecule has 0 aromatic heterocycles. The third-order valence-electron chi connectivity index (χ3n) is 2.39. The van der Waals surface area contributed by atoms with E-state index < -0.39 is 0 Å². The van der Waals surface area contributed by atoms with Crippen LogP contribution in [-0.2, 0) is 0 Å². The van der Waals surface area contributed by atoms with Gasteiger partial charge in [0.15, 0.2) is 0 Å². The number of unbranched alkanes of at least 4 members (excludes halogenated alkanes) is 5. The van der Waals surface area contributed by atoms with E-state index in [-0.39, 0.29) is 0 Å². The number of hydrogen-bond acceptors (Lipinski definition) is 0. The molecule has 0 aliphatic heterocycles. The van der Waals surface area contributed by atoms with Crippen molar-refractivity contribution in [1.82, 2.24) is 5.41 Å². The van der Waals surface area contributed by atoms with E-state index in [4.69, 9.17) is 0 Å². The smallest absolute Gasteiger partial charge is 0.0405 e. The third-order valence-corrected chi connectivity index (χ3v) is 2.39. The number of hydrogen-bond donors (Lipinski definition) is 0. The van der Waals surface area contributed by atoms with Crippen LogP contribution in [0.25, 0.3) is 0 Å². The zero-order valence-corrected chi connectivity index (χ0v) is 9.31. The molecule has 77 valence electrons. The second kappa shape index (κ2) is 9.76. The zero-order chi connectivity index (χ0) is 9.94. The van der Waals surface area contributed by atoms with Crippen molar-refractivity contribution in [2.45, 2.75) is 71.6 Å². The van der Waals surface area contributed by atoms with E-state index in [0.29, 0.717) is 0 Å². The lowest BCUT2D eigenvalue weighted by atomic mass is 10.0. The van der Waals surface area contributed by atoms with Crippen molar-refractivity contribution < 1.29 is 0 Å². The summed E-state index contributed by atoms with van der Waals surface area (Å²) in [6.45, 7) is 4.41. The molecule has 0 N–H and O–H groups in total. The van der Waals surface area contributed by atoms with Gasteiger partial charge in [0.1, 0.15) is 0 Å². The summed E-state index contributed by atoms with van der Waals surface area (Å²) in [5.41, 5.74) is 0.726. The molecule has 0 aromatic rings. The normalized spacial score (nSPS) is 10.3. The molecule has 0 aromatic carbocycles. The Morgan fingerprint density at radius 2 is 1.23 bits per heavy atom. The number of nitrogens with zero attached hydrogens (tertiary/aromatic N) is 1. The highest BCUT2D eigenvalue weighted by Crippen LogP contribution is 2.06. The summed E-state index contributed by atoms with van der Waals surface area (Å²) in [6, 6.07) is 0. The summed E-state index contributed by atoms with van der Waals surface area (Å²) in [5.74, 6) is 0. The van der Waals surface area contributed by atoms with Gasteiger partial charge in [0.2, 0.25) is 0 Å². The third kappa shape index (κ3) is 9.59. The maximum Gasteiger partial charge on any atom is 0.0405 e. The van der Waals surface area contributed by atoms with Gasteiger partial charge in [0.05, 0.1) is 0 Å². The maximum absolute atomic E-state index is 9.49. The first-order valence-electron chi connectivity index (χ1n) is 5.84. The summed E-state index contributed by atoms with van der Waals surface area (Å²) in [5, 5.41) is 9.49. The van der Waals surface area contributed by atoms with Gasteiger partial charge < -0.3 is 0 Å². The number of rotatable bonds is 9. The van der Waals surface area contributed by atoms with Crippen LogP contribution in [0.1, 0.15) is 71.6 Å². The van der Waals surface area contributed by atoms with Gasteiger partial charge in [0, 0.05) is 5.71 Å². The molecule has 1 radical (unpaired) electrons. The van der Waals surface area contributed by atoms with Crippen LogP contribution in [0, 0.1) is 0 Å². The molecule has 1 nitrogen and oxygen atoms in total. The fourth-order valence-electron chi connectivity index (χ4n) is 1.46. The Morgan fingerprint density at radius 3 is 1.77 bits per heavy atom. The van der Waals surface area contributed by atoms with Crippen LogP contribution < -0.4 is 5.41 Å². The Bertz CT molecular complexity index is 118. The lowest BCUT2D eigenvalue weighted by molar-refractivity contribution is 0.673. The molecule has 0 aliphatic rings. The van der Waals surface area contributed by atoms with Gasteiger partial charge in [0.25, 0.3) is 0 Å². The van der Waals surface area contributed by atoms with E-state index in [1.54, 1.807) is 0 Å². The minimum Gasteiger partial charge on any atom is -0.160 e. The van der Waals surface area contributed by atoms with E-state index in [9.17, 15) is 5.41 Å². The first kappa shape index (κ1) is 12.7. The van der Waals surface area contributed by atoms with Crippen LogP contribution in [0.15, 0.2) is 0 Å². The van der Waals surface area contributed by atoms with Gasteiger partial charge in [-0.05, 0) is 25.7 Å². The average molecular weight is 182 g/mol. The zero-order valence-electron chi connectivity index (χ0n) is 9.31. The molecule has 0 aliphatic carbocycles. The van der Waals surface area contributed by atoms with Crippen LogP contribution in [0.4, 0.5) is 0 Å². The minimum absolute atomic E-state index is 0.726. The van der Waals surface area contributed by atoms with E-state index in [1.165, 1.54) is 38.5 Å². The fourth-order valence-corrected chi connectivity index (χ4v) is 1.46. The van der Waals surface area contributed by atoms with Crippen molar-refractivity contribution in [2.24, 2.45) is 0 Å². The molecule has 0 fully saturated rings. The Labute approximate surface area is 83.4 Å². The Hall–Kier alpha value is -0.330. The predicted molar refractivity (Wildman–Crippen MR) is 60.0 cm³/mol. The summed E-state index contributed by atoms with van der Waals surface area (Å²) in [6.07, 6.45) is 10.5. The molecule has 0 spiro atoms. The van der Waals surface area contributed by atoms with Crippen molar-refractivity contribution in [3.8, 4) is 0 Å². The molecular formula is C12H24N. The maximum atomic E-state index is 9.49. The van der Waals surface area contributed by atoms with Gasteiger partial charge in [-0.1, -0.05) is 46.0 Å². The quantitative estimate of drug-likeness (QED) is 0.382. The summed E-state index contributed by atoms with van der Waals surface area (Å²) >= 11 is 0. The minimum atomic E-state index is 0.726. The van der Waals surface area contributed by atoms with Crippen LogP contribution in [0.2, 0.25) is 0 Å². The topological polar surface area (TPSA) is 22.3 Å². The molecular weight excluding hydrogens is 158 g/mol. The molecule has 1 heteroatoms. The van der Waals surface area contributed by atoms with Gasteiger partial charge in [-0.25, -0.2) is 0 Å². The highest BCUT2D eigenvalue weighted by Gasteiger charge is 1.97. The molecule has 0 saturated carbocycles. The van der Waals surface area contributed by atoms with Gasteiger partial charge in [-0.2, -0.15) is 5.41 Å². The fraction of sp³-hybridized carbons (Fsp3) is 0.917. The second-order valence-corrected chi connectivity index (χ2v) is 3.83. The van der Waals surface area contributed by atoms with Crippen molar-refractivity contribution in [3.05, 3.63) is 0 Å². The van der Waals surface area contributed by atoms with Crippen molar-refractivity contribution in [1.29, 1.82) is 0 Å². The molecule has 0 amide bonds. The van der Waals surface area contributed by atoms with E-state index in [0.717, 1.165) is 25.0 Å². The highest BCUT2D eigenvalue weighted by atomic mass is 14.4. The van der Waals surface area contributed by atoms with Crippen molar-refractivity contribution in [2.75, 3.05) is 0 Å². The summed E-state index contributed by atoms with van der Waals surface area (Å²) in [4.78, 5) is 0. The Kier molecular flexibility index (Phi) is 9.51. The van der Waals surface area contributed by atoms with Crippen molar-refractivity contribution in [3.63, 3.8) is 0 Å². The van der Waals surface area contributed by atoms with Crippen LogP contribution >= 0.6 is 0 Å². The molecule has 0 atom stereocenters. The van der Waals surface area contributed by atoms with E-state index >= 15 is 0 Å². The second-order valence-electron chi connectivity index (χ2n) is 3.83. The molecule has 13 heavy (non-hydrogen) atoms. The van der Waals surface area contributed by atoms with E-state index in [1.807, 2.05) is 0 Å². The molecule has 0 saturated heterocycles. The molecule has 0 unspecified atom stereocenters. The molecule has 0 heterocycles. The predicted octanol–water partition coefficient (Wildman–Crippen LogP) is 3.78. The Morgan fingerprint density at radius 1 is 0.769 bits per heavy atom. The lowest BCUT2D eigenvalue weighted by Gasteiger charge is -2.01. The standard InChI is InChI=1S/C12H24N/c1-3-5-7-9-11-12(13)10-8-6-4-2/h3-11H2,1-2H3. The van der Waals surface area contributed by atoms with E-state index in [2.05, 4.69) is 13.8 Å². The monoisotopic (exact) mass is 182 g/mol. The van der Waals surface area contributed by atoms with Gasteiger partial charge in [-0.3, -0.25) is 0 Å². The first-order chi connectivity index (χ1) is 6.31. The molecule has 0 bridgehead atoms. The Balaban J connectivity index is 3.11. The van der Waals surface area contributed by atoms with Crippen molar-refractivity contribution >= 4 is 5.71 Å². The van der Waals surface area contributed by atoms with Crippen LogP contribution in [0.3, 0.4) is 0 Å². The summed E-state index contributed by atoms with van der Waals surface area (Å²) < 4.78 is 0. The SMILES string of the molecule is CCCCCCC(=[N])CCCCC. The van der Waals surface area contributed by atoms with Gasteiger partial charge in [-0.15, -0.1) is 0 Å². The lowest BCUT2D eigenvalue weighted by Crippen LogP contribution is -1.99. The van der Waals surface area contributed by atoms with Gasteiger partial charge >= 0.3 is 0 Å². The molecule has 0 rings (SSSR count). The summed E-state index contributed by atoms with van der Waals surface area (Å²) in [7, 11) is 0. The highest BCUT2D eigenvalue weighted by molar-refractivity contribution is 5.82.